The van der Waals surface area contributed by atoms with Gasteiger partial charge in [-0.3, -0.25) is 0 Å². The van der Waals surface area contributed by atoms with E-state index in [9.17, 15) is 0 Å². The molecule has 0 aliphatic carbocycles. The molecule has 1 aromatic carbocycles. The summed E-state index contributed by atoms with van der Waals surface area (Å²) in [7, 11) is 0. The van der Waals surface area contributed by atoms with Crippen LogP contribution in [-0.2, 0) is 0 Å². The molecule has 0 radical (unpaired) electrons. The molecule has 0 atom stereocenters. The summed E-state index contributed by atoms with van der Waals surface area (Å²) in [4.78, 5) is 4.16. The number of hydrogen-bond donors (Lipinski definition) is 0. The molecular weight excluding hydrogens is 164 g/mol. The number of oxazole rings is 1. The van der Waals surface area contributed by atoms with Crippen LogP contribution < -0.4 is 0 Å². The van der Waals surface area contributed by atoms with Crippen LogP contribution in [0, 0.1) is 25.2 Å². The summed E-state index contributed by atoms with van der Waals surface area (Å²) in [6, 6.07) is 5.80. The van der Waals surface area contributed by atoms with E-state index in [0.29, 0.717) is 17.0 Å². The Bertz CT molecular complexity index is 505. The largest absolute Gasteiger partial charge is 0.440 e. The summed E-state index contributed by atoms with van der Waals surface area (Å²) >= 11 is 0. The molecule has 0 aliphatic rings. The lowest BCUT2D eigenvalue weighted by Crippen LogP contribution is -1.79. The lowest BCUT2D eigenvalue weighted by Gasteiger charge is -1.92. The maximum absolute atomic E-state index is 8.83. The van der Waals surface area contributed by atoms with E-state index in [-0.39, 0.29) is 0 Å². The predicted octanol–water partition coefficient (Wildman–Crippen LogP) is 2.32. The first kappa shape index (κ1) is 7.81. The van der Waals surface area contributed by atoms with Crippen molar-refractivity contribution in [1.29, 1.82) is 5.26 Å². The Labute approximate surface area is 75.6 Å². The normalized spacial score (nSPS) is 10.2. The molecule has 1 aromatic heterocycles. The first-order valence-corrected chi connectivity index (χ1v) is 3.98. The van der Waals surface area contributed by atoms with Crippen LogP contribution in [0.4, 0.5) is 0 Å². The first-order chi connectivity index (χ1) is 6.20. The predicted molar refractivity (Wildman–Crippen MR) is 48.2 cm³/mol. The van der Waals surface area contributed by atoms with Gasteiger partial charge in [0, 0.05) is 6.92 Å². The fraction of sp³-hybridized carbons (Fsp3) is 0.200. The van der Waals surface area contributed by atoms with Crippen molar-refractivity contribution in [2.75, 3.05) is 0 Å². The van der Waals surface area contributed by atoms with Crippen LogP contribution >= 0.6 is 0 Å². The van der Waals surface area contributed by atoms with Gasteiger partial charge < -0.3 is 4.42 Å². The van der Waals surface area contributed by atoms with Crippen LogP contribution in [-0.4, -0.2) is 4.98 Å². The molecule has 0 saturated heterocycles. The zero-order chi connectivity index (χ0) is 9.42. The maximum Gasteiger partial charge on any atom is 0.192 e. The van der Waals surface area contributed by atoms with Crippen molar-refractivity contribution in [2.45, 2.75) is 13.8 Å². The van der Waals surface area contributed by atoms with E-state index >= 15 is 0 Å². The number of nitriles is 1. The van der Waals surface area contributed by atoms with Gasteiger partial charge in [0.25, 0.3) is 0 Å². The Kier molecular flexibility index (Phi) is 1.56. The van der Waals surface area contributed by atoms with Crippen LogP contribution in [0.1, 0.15) is 17.0 Å². The number of aryl methyl sites for hydroxylation is 2. The van der Waals surface area contributed by atoms with Crippen molar-refractivity contribution in [3.63, 3.8) is 0 Å². The maximum atomic E-state index is 8.83. The van der Waals surface area contributed by atoms with Crippen LogP contribution in [0.25, 0.3) is 11.1 Å². The zero-order valence-electron chi connectivity index (χ0n) is 7.46. The molecule has 0 aliphatic heterocycles. The van der Waals surface area contributed by atoms with Gasteiger partial charge in [-0.05, 0) is 24.6 Å². The van der Waals surface area contributed by atoms with Gasteiger partial charge in [-0.2, -0.15) is 5.26 Å². The number of rotatable bonds is 0. The molecule has 0 spiro atoms. The molecule has 1 heterocycles. The number of nitrogens with zero attached hydrogens (tertiary/aromatic N) is 2. The second-order valence-electron chi connectivity index (χ2n) is 3.01. The molecule has 0 fully saturated rings. The average Bonchev–Trinajstić information content (AvgIpc) is 2.43. The van der Waals surface area contributed by atoms with Gasteiger partial charge in [-0.25, -0.2) is 4.98 Å². The molecule has 64 valence electrons. The quantitative estimate of drug-likeness (QED) is 0.612. The summed E-state index contributed by atoms with van der Waals surface area (Å²) in [5.74, 6) is 0.595. The molecular formula is C10H8N2O. The van der Waals surface area contributed by atoms with Gasteiger partial charge in [0.05, 0.1) is 5.56 Å². The highest BCUT2D eigenvalue weighted by molar-refractivity contribution is 5.80. The lowest BCUT2D eigenvalue weighted by atomic mass is 10.1. The van der Waals surface area contributed by atoms with E-state index < -0.39 is 0 Å². The Balaban J connectivity index is 2.90. The molecule has 2 rings (SSSR count). The van der Waals surface area contributed by atoms with E-state index in [4.69, 9.17) is 9.68 Å². The highest BCUT2D eigenvalue weighted by Gasteiger charge is 2.07. The topological polar surface area (TPSA) is 49.8 Å². The van der Waals surface area contributed by atoms with Crippen molar-refractivity contribution in [1.82, 2.24) is 4.98 Å². The van der Waals surface area contributed by atoms with E-state index in [1.807, 2.05) is 13.0 Å². The number of aromatic nitrogens is 1. The van der Waals surface area contributed by atoms with E-state index in [2.05, 4.69) is 11.1 Å². The third kappa shape index (κ3) is 1.17. The summed E-state index contributed by atoms with van der Waals surface area (Å²) < 4.78 is 5.31. The van der Waals surface area contributed by atoms with E-state index in [1.165, 1.54) is 0 Å². The minimum absolute atomic E-state index is 0.551. The van der Waals surface area contributed by atoms with Crippen molar-refractivity contribution >= 4 is 11.1 Å². The third-order valence-corrected chi connectivity index (χ3v) is 1.86. The molecule has 13 heavy (non-hydrogen) atoms. The lowest BCUT2D eigenvalue weighted by molar-refractivity contribution is 0.560. The molecule has 0 amide bonds. The van der Waals surface area contributed by atoms with E-state index in [1.54, 1.807) is 13.0 Å². The Hall–Kier alpha value is -1.82. The molecule has 0 bridgehead atoms. The SMILES string of the molecule is Cc1cc(C#N)c2oc(C)nc2c1. The fourth-order valence-electron chi connectivity index (χ4n) is 1.37. The van der Waals surface area contributed by atoms with Gasteiger partial charge >= 0.3 is 0 Å². The van der Waals surface area contributed by atoms with Gasteiger partial charge in [0.2, 0.25) is 0 Å². The smallest absolute Gasteiger partial charge is 0.192 e. The highest BCUT2D eigenvalue weighted by atomic mass is 16.3. The van der Waals surface area contributed by atoms with Crippen LogP contribution in [0.15, 0.2) is 16.5 Å². The van der Waals surface area contributed by atoms with Gasteiger partial charge in [0.15, 0.2) is 11.5 Å². The Morgan fingerprint density at radius 2 is 2.15 bits per heavy atom. The molecule has 2 aromatic rings. The third-order valence-electron chi connectivity index (χ3n) is 1.86. The van der Waals surface area contributed by atoms with Crippen molar-refractivity contribution in [3.8, 4) is 6.07 Å². The monoisotopic (exact) mass is 172 g/mol. The minimum atomic E-state index is 0.551. The Morgan fingerprint density at radius 1 is 1.38 bits per heavy atom. The summed E-state index contributed by atoms with van der Waals surface area (Å²) in [6.07, 6.45) is 0. The van der Waals surface area contributed by atoms with E-state index in [0.717, 1.165) is 11.1 Å². The standard InChI is InChI=1S/C10H8N2O/c1-6-3-8(5-11)10-9(4-6)12-7(2)13-10/h3-4H,1-2H3. The molecule has 3 nitrogen and oxygen atoms in total. The van der Waals surface area contributed by atoms with Crippen molar-refractivity contribution < 1.29 is 4.42 Å². The van der Waals surface area contributed by atoms with Crippen LogP contribution in [0.3, 0.4) is 0 Å². The minimum Gasteiger partial charge on any atom is -0.440 e. The zero-order valence-corrected chi connectivity index (χ0v) is 7.46. The first-order valence-electron chi connectivity index (χ1n) is 3.98. The van der Waals surface area contributed by atoms with Crippen molar-refractivity contribution in [2.24, 2.45) is 0 Å². The number of benzene rings is 1. The second kappa shape index (κ2) is 2.60. The van der Waals surface area contributed by atoms with Gasteiger partial charge in [-0.1, -0.05) is 0 Å². The Morgan fingerprint density at radius 3 is 2.85 bits per heavy atom. The van der Waals surface area contributed by atoms with Crippen LogP contribution in [0.5, 0.6) is 0 Å². The number of fused-ring (bicyclic) bond motifs is 1. The summed E-state index contributed by atoms with van der Waals surface area (Å²) in [5, 5.41) is 8.83. The summed E-state index contributed by atoms with van der Waals surface area (Å²) in [6.45, 7) is 3.71. The average molecular weight is 172 g/mol. The van der Waals surface area contributed by atoms with Crippen LogP contribution in [0.2, 0.25) is 0 Å². The fourth-order valence-corrected chi connectivity index (χ4v) is 1.37. The molecule has 0 N–H and O–H groups in total. The molecule has 0 saturated carbocycles. The highest BCUT2D eigenvalue weighted by Crippen LogP contribution is 2.20. The summed E-state index contributed by atoms with van der Waals surface area (Å²) in [5.41, 5.74) is 2.92. The number of hydrogen-bond acceptors (Lipinski definition) is 3. The molecule has 3 heteroatoms. The second-order valence-corrected chi connectivity index (χ2v) is 3.01. The molecule has 0 unspecified atom stereocenters. The van der Waals surface area contributed by atoms with Gasteiger partial charge in [0.1, 0.15) is 11.6 Å². The van der Waals surface area contributed by atoms with Crippen molar-refractivity contribution in [3.05, 3.63) is 29.2 Å². The van der Waals surface area contributed by atoms with Gasteiger partial charge in [-0.15, -0.1) is 0 Å².